The van der Waals surface area contributed by atoms with Gasteiger partial charge in [0.15, 0.2) is 11.6 Å². The van der Waals surface area contributed by atoms with Crippen LogP contribution < -0.4 is 5.73 Å². The Kier molecular flexibility index (Phi) is 4.82. The highest BCUT2D eigenvalue weighted by Gasteiger charge is 2.15. The van der Waals surface area contributed by atoms with Crippen LogP contribution in [0.15, 0.2) is 36.4 Å². The number of ether oxygens (including phenoxy) is 1. The first kappa shape index (κ1) is 16.0. The fourth-order valence-corrected chi connectivity index (χ4v) is 2.06. The molecule has 2 N–H and O–H groups in total. The highest BCUT2D eigenvalue weighted by molar-refractivity contribution is 5.89. The van der Waals surface area contributed by atoms with E-state index in [0.29, 0.717) is 17.2 Å². The molecule has 22 heavy (non-hydrogen) atoms. The number of carbonyl (C=O) groups is 1. The molecule has 3 nitrogen and oxygen atoms in total. The van der Waals surface area contributed by atoms with E-state index in [1.54, 1.807) is 12.1 Å². The smallest absolute Gasteiger partial charge is 0.337 e. The summed E-state index contributed by atoms with van der Waals surface area (Å²) in [5.41, 5.74) is 6.93. The van der Waals surface area contributed by atoms with Gasteiger partial charge in [-0.15, -0.1) is 0 Å². The van der Waals surface area contributed by atoms with E-state index in [4.69, 9.17) is 5.73 Å². The number of hydrogen-bond acceptors (Lipinski definition) is 3. The van der Waals surface area contributed by atoms with E-state index in [1.807, 2.05) is 0 Å². The second kappa shape index (κ2) is 6.62. The predicted octanol–water partition coefficient (Wildman–Crippen LogP) is 3.13. The van der Waals surface area contributed by atoms with Crippen LogP contribution in [0.3, 0.4) is 0 Å². The number of esters is 1. The molecule has 6 heteroatoms. The molecule has 0 amide bonds. The Morgan fingerprint density at radius 2 is 1.68 bits per heavy atom. The molecule has 0 bridgehead atoms. The summed E-state index contributed by atoms with van der Waals surface area (Å²) < 4.78 is 44.2. The minimum atomic E-state index is -1.24. The molecular formula is C16H14F3NO2. The number of carbonyl (C=O) groups excluding carboxylic acids is 1. The van der Waals surface area contributed by atoms with Crippen molar-refractivity contribution in [3.8, 4) is 0 Å². The summed E-state index contributed by atoms with van der Waals surface area (Å²) in [6, 6.07) is 6.95. The lowest BCUT2D eigenvalue weighted by molar-refractivity contribution is 0.0600. The van der Waals surface area contributed by atoms with Gasteiger partial charge in [0.2, 0.25) is 0 Å². The summed E-state index contributed by atoms with van der Waals surface area (Å²) in [4.78, 5) is 11.3. The highest BCUT2D eigenvalue weighted by Crippen LogP contribution is 2.21. The zero-order valence-corrected chi connectivity index (χ0v) is 11.8. The summed E-state index contributed by atoms with van der Waals surface area (Å²) in [5, 5.41) is 0. The Bertz CT molecular complexity index is 687. The summed E-state index contributed by atoms with van der Waals surface area (Å²) in [6.07, 6.45) is 0.000599. The molecule has 0 heterocycles. The number of hydrogen-bond donors (Lipinski definition) is 1. The third-order valence-electron chi connectivity index (χ3n) is 3.29. The first-order chi connectivity index (χ1) is 10.4. The van der Waals surface area contributed by atoms with Gasteiger partial charge >= 0.3 is 5.97 Å². The van der Waals surface area contributed by atoms with Crippen molar-refractivity contribution in [1.82, 2.24) is 0 Å². The van der Waals surface area contributed by atoms with E-state index >= 15 is 0 Å². The molecule has 0 saturated carbocycles. The average molecular weight is 309 g/mol. The largest absolute Gasteiger partial charge is 0.465 e. The lowest BCUT2D eigenvalue weighted by Gasteiger charge is -2.13. The van der Waals surface area contributed by atoms with Crippen LogP contribution in [-0.2, 0) is 11.2 Å². The van der Waals surface area contributed by atoms with E-state index in [1.165, 1.54) is 19.2 Å². The molecule has 1 atom stereocenters. The maximum absolute atomic E-state index is 13.6. The lowest BCUT2D eigenvalue weighted by Crippen LogP contribution is -2.15. The second-order valence-corrected chi connectivity index (χ2v) is 4.78. The molecule has 1 unspecified atom stereocenters. The molecule has 0 saturated heterocycles. The van der Waals surface area contributed by atoms with Crippen LogP contribution in [0.4, 0.5) is 13.2 Å². The molecule has 0 aliphatic heterocycles. The van der Waals surface area contributed by atoms with Gasteiger partial charge < -0.3 is 10.5 Å². The third-order valence-corrected chi connectivity index (χ3v) is 3.29. The van der Waals surface area contributed by atoms with Crippen LogP contribution in [0, 0.1) is 17.5 Å². The quantitative estimate of drug-likeness (QED) is 0.697. The van der Waals surface area contributed by atoms with Crippen molar-refractivity contribution in [3.63, 3.8) is 0 Å². The summed E-state index contributed by atoms with van der Waals surface area (Å²) in [5.74, 6) is -3.69. The molecule has 0 aromatic heterocycles. The van der Waals surface area contributed by atoms with E-state index < -0.39 is 29.5 Å². The Morgan fingerprint density at radius 3 is 2.27 bits per heavy atom. The summed E-state index contributed by atoms with van der Waals surface area (Å²) in [6.45, 7) is 0. The van der Waals surface area contributed by atoms with Crippen LogP contribution in [0.25, 0.3) is 0 Å². The van der Waals surface area contributed by atoms with Crippen molar-refractivity contribution < 1.29 is 22.7 Å². The van der Waals surface area contributed by atoms with Crippen molar-refractivity contribution >= 4 is 5.97 Å². The van der Waals surface area contributed by atoms with Gasteiger partial charge in [-0.05, 0) is 35.7 Å². The Hall–Kier alpha value is -2.34. The maximum Gasteiger partial charge on any atom is 0.337 e. The molecule has 116 valence electrons. The Balaban J connectivity index is 2.17. The van der Waals surface area contributed by atoms with Gasteiger partial charge in [-0.2, -0.15) is 0 Å². The zero-order valence-electron chi connectivity index (χ0n) is 11.8. The van der Waals surface area contributed by atoms with Crippen molar-refractivity contribution in [1.29, 1.82) is 0 Å². The van der Waals surface area contributed by atoms with Crippen LogP contribution in [0.5, 0.6) is 0 Å². The average Bonchev–Trinajstić information content (AvgIpc) is 2.52. The van der Waals surface area contributed by atoms with E-state index in [-0.39, 0.29) is 12.0 Å². The molecule has 2 aromatic rings. The minimum absolute atomic E-state index is 0.000599. The third kappa shape index (κ3) is 3.46. The molecule has 0 aliphatic rings. The van der Waals surface area contributed by atoms with Gasteiger partial charge in [0.1, 0.15) is 5.82 Å². The normalized spacial score (nSPS) is 12.0. The molecular weight excluding hydrogens is 295 g/mol. The maximum atomic E-state index is 13.6. The molecule has 0 radical (unpaired) electrons. The zero-order chi connectivity index (χ0) is 16.3. The van der Waals surface area contributed by atoms with E-state index in [0.717, 1.165) is 6.07 Å². The first-order valence-electron chi connectivity index (χ1n) is 6.49. The van der Waals surface area contributed by atoms with Crippen LogP contribution >= 0.6 is 0 Å². The highest BCUT2D eigenvalue weighted by atomic mass is 19.2. The number of benzene rings is 2. The lowest BCUT2D eigenvalue weighted by atomic mass is 9.98. The van der Waals surface area contributed by atoms with Crippen molar-refractivity contribution in [2.24, 2.45) is 5.73 Å². The first-order valence-corrected chi connectivity index (χ1v) is 6.49. The van der Waals surface area contributed by atoms with Crippen molar-refractivity contribution in [3.05, 3.63) is 70.5 Å². The van der Waals surface area contributed by atoms with E-state index in [2.05, 4.69) is 4.74 Å². The fourth-order valence-electron chi connectivity index (χ4n) is 2.06. The molecule has 0 spiro atoms. The van der Waals surface area contributed by atoms with Crippen molar-refractivity contribution in [2.75, 3.05) is 7.11 Å². The van der Waals surface area contributed by atoms with Crippen molar-refractivity contribution in [2.45, 2.75) is 12.5 Å². The monoisotopic (exact) mass is 309 g/mol. The molecule has 0 aliphatic carbocycles. The Labute approximate surface area is 125 Å². The van der Waals surface area contributed by atoms with Gasteiger partial charge in [0.05, 0.1) is 12.7 Å². The molecule has 2 rings (SSSR count). The van der Waals surface area contributed by atoms with Gasteiger partial charge in [-0.25, -0.2) is 18.0 Å². The minimum Gasteiger partial charge on any atom is -0.465 e. The van der Waals surface area contributed by atoms with Gasteiger partial charge in [0.25, 0.3) is 0 Å². The predicted molar refractivity (Wildman–Crippen MR) is 74.7 cm³/mol. The van der Waals surface area contributed by atoms with Crippen LogP contribution in [-0.4, -0.2) is 13.1 Å². The van der Waals surface area contributed by atoms with Crippen LogP contribution in [0.1, 0.15) is 27.5 Å². The number of rotatable bonds is 4. The van der Waals surface area contributed by atoms with Gasteiger partial charge in [-0.3, -0.25) is 0 Å². The molecule has 2 aromatic carbocycles. The number of methoxy groups -OCH3 is 1. The van der Waals surface area contributed by atoms with Gasteiger partial charge in [0, 0.05) is 12.1 Å². The second-order valence-electron chi connectivity index (χ2n) is 4.78. The standard InChI is InChI=1S/C16H14F3NO2/c1-22-16(21)10-4-2-9(3-5-10)15(20)7-11-6-13(18)14(19)8-12(11)17/h2-6,8,15H,7,20H2,1H3. The SMILES string of the molecule is COC(=O)c1ccc(C(N)Cc2cc(F)c(F)cc2F)cc1. The molecule has 0 fully saturated rings. The fraction of sp³-hybridized carbons (Fsp3) is 0.188. The topological polar surface area (TPSA) is 52.3 Å². The number of halogens is 3. The Morgan fingerprint density at radius 1 is 1.09 bits per heavy atom. The number of nitrogens with two attached hydrogens (primary N) is 1. The van der Waals surface area contributed by atoms with E-state index in [9.17, 15) is 18.0 Å². The van der Waals surface area contributed by atoms with Crippen LogP contribution in [0.2, 0.25) is 0 Å². The van der Waals surface area contributed by atoms with Gasteiger partial charge in [-0.1, -0.05) is 12.1 Å². The summed E-state index contributed by atoms with van der Waals surface area (Å²) >= 11 is 0. The summed E-state index contributed by atoms with van der Waals surface area (Å²) in [7, 11) is 1.27.